The molecule has 0 radical (unpaired) electrons. The van der Waals surface area contributed by atoms with Crippen LogP contribution in [0.4, 0.5) is 5.69 Å². The second-order valence-corrected chi connectivity index (χ2v) is 6.49. The van der Waals surface area contributed by atoms with Crippen LogP contribution in [0.3, 0.4) is 0 Å². The highest BCUT2D eigenvalue weighted by Gasteiger charge is 2.35. The molecule has 2 unspecified atom stereocenters. The van der Waals surface area contributed by atoms with Crippen molar-refractivity contribution in [2.45, 2.75) is 51.2 Å². The van der Waals surface area contributed by atoms with Gasteiger partial charge < -0.3 is 4.90 Å². The van der Waals surface area contributed by atoms with Gasteiger partial charge in [-0.2, -0.15) is 5.10 Å². The number of rotatable bonds is 4. The molecule has 0 aliphatic carbocycles. The number of benzene rings is 1. The van der Waals surface area contributed by atoms with E-state index in [1.807, 2.05) is 39.9 Å². The minimum absolute atomic E-state index is 0.122. The molecule has 1 saturated heterocycles. The van der Waals surface area contributed by atoms with E-state index in [0.717, 1.165) is 56.1 Å². The molecule has 1 aromatic heterocycles. The molecule has 6 heteroatoms. The van der Waals surface area contributed by atoms with Gasteiger partial charge in [0.15, 0.2) is 5.82 Å². The Balaban J connectivity index is 1.49. The molecule has 2 atom stereocenters. The lowest BCUT2D eigenvalue weighted by atomic mass is 10.1. The number of aromatic nitrogens is 3. The number of amides is 1. The maximum absolute atomic E-state index is 12.8. The van der Waals surface area contributed by atoms with Gasteiger partial charge in [0, 0.05) is 25.2 Å². The first-order valence-corrected chi connectivity index (χ1v) is 8.82. The minimum Gasteiger partial charge on any atom is -0.311 e. The molecule has 3 heterocycles. The number of nitrogens with zero attached hydrogens (tertiary/aromatic N) is 4. The van der Waals surface area contributed by atoms with Gasteiger partial charge in [-0.05, 0) is 31.4 Å². The maximum atomic E-state index is 12.8. The van der Waals surface area contributed by atoms with Crippen LogP contribution in [0.2, 0.25) is 0 Å². The number of carbonyl (C=O) groups excluding carboxylic acids is 1. The van der Waals surface area contributed by atoms with Crippen LogP contribution < -0.4 is 10.2 Å². The first-order chi connectivity index (χ1) is 11.8. The molecule has 2 aliphatic rings. The monoisotopic (exact) mass is 325 g/mol. The van der Waals surface area contributed by atoms with Crippen molar-refractivity contribution in [3.05, 3.63) is 42.0 Å². The van der Waals surface area contributed by atoms with Crippen LogP contribution in [0.1, 0.15) is 43.9 Å². The fourth-order valence-electron chi connectivity index (χ4n) is 3.65. The number of hydrogen-bond acceptors (Lipinski definition) is 4. The Bertz CT molecular complexity index is 726. The lowest BCUT2D eigenvalue weighted by molar-refractivity contribution is -0.119. The van der Waals surface area contributed by atoms with Gasteiger partial charge in [0.1, 0.15) is 5.82 Å². The number of anilines is 1. The molecule has 0 saturated carbocycles. The summed E-state index contributed by atoms with van der Waals surface area (Å²) in [5.41, 5.74) is 0.979. The van der Waals surface area contributed by atoms with Crippen molar-refractivity contribution in [2.24, 2.45) is 0 Å². The van der Waals surface area contributed by atoms with Gasteiger partial charge in [0.2, 0.25) is 5.91 Å². The van der Waals surface area contributed by atoms with E-state index in [4.69, 9.17) is 0 Å². The summed E-state index contributed by atoms with van der Waals surface area (Å²) in [6.45, 7) is 3.76. The molecular weight excluding hydrogens is 302 g/mol. The Morgan fingerprint density at radius 2 is 2.00 bits per heavy atom. The standard InChI is InChI=1S/C18H23N5O/c1-2-16-20-17-14(9-6-11-23(17)21-16)19-15-10-12-22(18(15)24)13-7-4-3-5-8-13/h3-5,7-8,14-15,19H,2,6,9-12H2,1H3. The summed E-state index contributed by atoms with van der Waals surface area (Å²) in [5.74, 6) is 2.04. The van der Waals surface area contributed by atoms with Gasteiger partial charge in [-0.3, -0.25) is 10.1 Å². The third-order valence-electron chi connectivity index (χ3n) is 4.91. The molecule has 1 fully saturated rings. The summed E-state index contributed by atoms with van der Waals surface area (Å²) in [4.78, 5) is 19.3. The third-order valence-corrected chi connectivity index (χ3v) is 4.91. The van der Waals surface area contributed by atoms with Crippen LogP contribution in [0.5, 0.6) is 0 Å². The number of carbonyl (C=O) groups is 1. The van der Waals surface area contributed by atoms with Gasteiger partial charge in [-0.15, -0.1) is 0 Å². The third kappa shape index (κ3) is 2.71. The highest BCUT2D eigenvalue weighted by molar-refractivity contribution is 5.99. The van der Waals surface area contributed by atoms with Crippen molar-refractivity contribution in [3.8, 4) is 0 Å². The second kappa shape index (κ2) is 6.36. The SMILES string of the molecule is CCc1nc2n(n1)CCCC2NC1CCN(c2ccccc2)C1=O. The normalized spacial score (nSPS) is 23.5. The molecule has 2 aliphatic heterocycles. The predicted octanol–water partition coefficient (Wildman–Crippen LogP) is 2.07. The maximum Gasteiger partial charge on any atom is 0.244 e. The van der Waals surface area contributed by atoms with Crippen molar-refractivity contribution in [2.75, 3.05) is 11.4 Å². The Morgan fingerprint density at radius 3 is 2.79 bits per heavy atom. The lowest BCUT2D eigenvalue weighted by Gasteiger charge is -2.26. The summed E-state index contributed by atoms with van der Waals surface area (Å²) in [5, 5.41) is 8.09. The van der Waals surface area contributed by atoms with Gasteiger partial charge in [0.25, 0.3) is 0 Å². The summed E-state index contributed by atoms with van der Waals surface area (Å²) in [7, 11) is 0. The molecular formula is C18H23N5O. The molecule has 126 valence electrons. The summed E-state index contributed by atoms with van der Waals surface area (Å²) >= 11 is 0. The average molecular weight is 325 g/mol. The Hall–Kier alpha value is -2.21. The number of aryl methyl sites for hydroxylation is 2. The van der Waals surface area contributed by atoms with Crippen LogP contribution >= 0.6 is 0 Å². The van der Waals surface area contributed by atoms with Gasteiger partial charge in [0.05, 0.1) is 12.1 Å². The largest absolute Gasteiger partial charge is 0.311 e. The smallest absolute Gasteiger partial charge is 0.244 e. The number of fused-ring (bicyclic) bond motifs is 1. The van der Waals surface area contributed by atoms with Crippen molar-refractivity contribution in [1.82, 2.24) is 20.1 Å². The minimum atomic E-state index is -0.136. The van der Waals surface area contributed by atoms with E-state index < -0.39 is 0 Å². The number of nitrogens with one attached hydrogen (secondary N) is 1. The summed E-state index contributed by atoms with van der Waals surface area (Å²) in [6, 6.07) is 9.88. The molecule has 0 spiro atoms. The Morgan fingerprint density at radius 1 is 1.17 bits per heavy atom. The van der Waals surface area contributed by atoms with E-state index >= 15 is 0 Å². The molecule has 1 N–H and O–H groups in total. The van der Waals surface area contributed by atoms with Gasteiger partial charge in [-0.25, -0.2) is 9.67 Å². The predicted molar refractivity (Wildman–Crippen MR) is 91.7 cm³/mol. The molecule has 0 bridgehead atoms. The van der Waals surface area contributed by atoms with E-state index in [9.17, 15) is 4.79 Å². The first kappa shape index (κ1) is 15.3. The van der Waals surface area contributed by atoms with E-state index in [1.165, 1.54) is 0 Å². The second-order valence-electron chi connectivity index (χ2n) is 6.49. The highest BCUT2D eigenvalue weighted by atomic mass is 16.2. The van der Waals surface area contributed by atoms with Crippen LogP contribution in [0.25, 0.3) is 0 Å². The van der Waals surface area contributed by atoms with E-state index in [2.05, 4.69) is 22.3 Å². The van der Waals surface area contributed by atoms with Gasteiger partial charge >= 0.3 is 0 Å². The van der Waals surface area contributed by atoms with Crippen molar-refractivity contribution in [3.63, 3.8) is 0 Å². The topological polar surface area (TPSA) is 63.1 Å². The summed E-state index contributed by atoms with van der Waals surface area (Å²) in [6.07, 6.45) is 3.76. The highest BCUT2D eigenvalue weighted by Crippen LogP contribution is 2.27. The molecule has 1 aromatic carbocycles. The molecule has 2 aromatic rings. The van der Waals surface area contributed by atoms with E-state index in [-0.39, 0.29) is 18.0 Å². The van der Waals surface area contributed by atoms with Crippen molar-refractivity contribution >= 4 is 11.6 Å². The van der Waals surface area contributed by atoms with Crippen LogP contribution in [-0.4, -0.2) is 33.3 Å². The lowest BCUT2D eigenvalue weighted by Crippen LogP contribution is -2.42. The number of para-hydroxylation sites is 1. The summed E-state index contributed by atoms with van der Waals surface area (Å²) < 4.78 is 2.01. The Labute approximate surface area is 141 Å². The first-order valence-electron chi connectivity index (χ1n) is 8.82. The number of hydrogen-bond donors (Lipinski definition) is 1. The zero-order chi connectivity index (χ0) is 16.5. The fraction of sp³-hybridized carbons (Fsp3) is 0.500. The van der Waals surface area contributed by atoms with Crippen LogP contribution in [0, 0.1) is 0 Å². The molecule has 24 heavy (non-hydrogen) atoms. The van der Waals surface area contributed by atoms with Crippen molar-refractivity contribution in [1.29, 1.82) is 0 Å². The zero-order valence-corrected chi connectivity index (χ0v) is 14.0. The quantitative estimate of drug-likeness (QED) is 0.935. The fourth-order valence-corrected chi connectivity index (χ4v) is 3.65. The van der Waals surface area contributed by atoms with Crippen LogP contribution in [-0.2, 0) is 17.8 Å². The molecule has 1 amide bonds. The zero-order valence-electron chi connectivity index (χ0n) is 14.0. The van der Waals surface area contributed by atoms with Crippen LogP contribution in [0.15, 0.2) is 30.3 Å². The van der Waals surface area contributed by atoms with Crippen molar-refractivity contribution < 1.29 is 4.79 Å². The Kier molecular flexibility index (Phi) is 4.06. The van der Waals surface area contributed by atoms with E-state index in [0.29, 0.717) is 0 Å². The molecule has 6 nitrogen and oxygen atoms in total. The average Bonchev–Trinajstić information content (AvgIpc) is 3.20. The van der Waals surface area contributed by atoms with E-state index in [1.54, 1.807) is 0 Å². The molecule has 4 rings (SSSR count). The van der Waals surface area contributed by atoms with Gasteiger partial charge in [-0.1, -0.05) is 25.1 Å².